The Kier molecular flexibility index (Phi) is 4.75. The topological polar surface area (TPSA) is 38.5 Å². The van der Waals surface area contributed by atoms with E-state index >= 15 is 0 Å². The summed E-state index contributed by atoms with van der Waals surface area (Å²) in [5.74, 6) is 0. The number of benzene rings is 1. The number of nitrogens with zero attached hydrogens (tertiary/aromatic N) is 1. The van der Waals surface area contributed by atoms with Crippen molar-refractivity contribution in [2.75, 3.05) is 26.7 Å². The van der Waals surface area contributed by atoms with Crippen molar-refractivity contribution in [3.05, 3.63) is 35.9 Å². The van der Waals surface area contributed by atoms with Gasteiger partial charge in [0.15, 0.2) is 0 Å². The van der Waals surface area contributed by atoms with Crippen LogP contribution in [0.5, 0.6) is 0 Å². The maximum Gasteiger partial charge on any atom is 0.0821 e. The highest BCUT2D eigenvalue weighted by Crippen LogP contribution is 2.26. The van der Waals surface area contributed by atoms with Crippen molar-refractivity contribution in [1.29, 1.82) is 0 Å². The molecule has 0 aromatic heterocycles. The van der Waals surface area contributed by atoms with E-state index in [2.05, 4.69) is 36.2 Å². The fraction of sp³-hybridized carbons (Fsp3) is 0.600. The average Bonchev–Trinajstić information content (AvgIpc) is 2.61. The van der Waals surface area contributed by atoms with Gasteiger partial charge < -0.3 is 15.4 Å². The molecular weight excluding hydrogens is 224 g/mol. The molecular formula is C15H24N2O. The number of ether oxygens (including phenoxy) is 1. The molecule has 1 atom stereocenters. The number of hydrogen-bond acceptors (Lipinski definition) is 3. The van der Waals surface area contributed by atoms with Crippen LogP contribution < -0.4 is 5.73 Å². The fourth-order valence-electron chi connectivity index (χ4n) is 2.52. The van der Waals surface area contributed by atoms with Crippen LogP contribution in [0.1, 0.15) is 24.8 Å². The molecule has 1 aliphatic heterocycles. The number of likely N-dealkylation sites (tertiary alicyclic amines) is 1. The Morgan fingerprint density at radius 2 is 2.00 bits per heavy atom. The second-order valence-electron chi connectivity index (χ2n) is 5.32. The molecule has 1 aliphatic rings. The van der Waals surface area contributed by atoms with Crippen molar-refractivity contribution in [2.24, 2.45) is 5.73 Å². The highest BCUT2D eigenvalue weighted by molar-refractivity contribution is 5.13. The summed E-state index contributed by atoms with van der Waals surface area (Å²) < 4.78 is 6.18. The van der Waals surface area contributed by atoms with Gasteiger partial charge in [-0.15, -0.1) is 0 Å². The third-order valence-corrected chi connectivity index (χ3v) is 3.88. The van der Waals surface area contributed by atoms with Crippen LogP contribution >= 0.6 is 0 Å². The first-order valence-electron chi connectivity index (χ1n) is 6.81. The van der Waals surface area contributed by atoms with Gasteiger partial charge in [0.1, 0.15) is 0 Å². The Morgan fingerprint density at radius 1 is 1.22 bits per heavy atom. The van der Waals surface area contributed by atoms with E-state index in [4.69, 9.17) is 10.5 Å². The van der Waals surface area contributed by atoms with Gasteiger partial charge in [0, 0.05) is 13.1 Å². The highest BCUT2D eigenvalue weighted by atomic mass is 16.5. The first-order valence-corrected chi connectivity index (χ1v) is 6.81. The summed E-state index contributed by atoms with van der Waals surface area (Å²) in [5, 5.41) is 0. The smallest absolute Gasteiger partial charge is 0.0821 e. The van der Waals surface area contributed by atoms with E-state index in [0.29, 0.717) is 13.2 Å². The first kappa shape index (κ1) is 13.5. The summed E-state index contributed by atoms with van der Waals surface area (Å²) in [6.07, 6.45) is 3.27. The summed E-state index contributed by atoms with van der Waals surface area (Å²) >= 11 is 0. The van der Waals surface area contributed by atoms with Gasteiger partial charge in [-0.05, 0) is 38.4 Å². The van der Waals surface area contributed by atoms with E-state index in [-0.39, 0.29) is 5.60 Å². The van der Waals surface area contributed by atoms with Crippen LogP contribution in [-0.4, -0.2) is 37.2 Å². The molecule has 1 aromatic carbocycles. The molecule has 0 saturated carbocycles. The van der Waals surface area contributed by atoms with E-state index in [9.17, 15) is 0 Å². The van der Waals surface area contributed by atoms with Crippen molar-refractivity contribution >= 4 is 0 Å². The molecule has 1 saturated heterocycles. The highest BCUT2D eigenvalue weighted by Gasteiger charge is 2.31. The Morgan fingerprint density at radius 3 is 2.72 bits per heavy atom. The molecule has 2 rings (SSSR count). The molecule has 0 aliphatic carbocycles. The van der Waals surface area contributed by atoms with Gasteiger partial charge in [0.2, 0.25) is 0 Å². The van der Waals surface area contributed by atoms with Crippen LogP contribution in [0.2, 0.25) is 0 Å². The van der Waals surface area contributed by atoms with Crippen molar-refractivity contribution in [3.63, 3.8) is 0 Å². The lowest BCUT2D eigenvalue weighted by molar-refractivity contribution is -0.0592. The molecule has 1 fully saturated rings. The lowest BCUT2D eigenvalue weighted by Crippen LogP contribution is -2.41. The van der Waals surface area contributed by atoms with Crippen molar-refractivity contribution in [1.82, 2.24) is 4.90 Å². The van der Waals surface area contributed by atoms with Gasteiger partial charge in [-0.2, -0.15) is 0 Å². The Balaban J connectivity index is 1.95. The summed E-state index contributed by atoms with van der Waals surface area (Å²) in [6, 6.07) is 10.3. The van der Waals surface area contributed by atoms with Crippen LogP contribution in [0, 0.1) is 0 Å². The van der Waals surface area contributed by atoms with Crippen molar-refractivity contribution in [3.8, 4) is 0 Å². The lowest BCUT2D eigenvalue weighted by Gasteiger charge is -2.31. The van der Waals surface area contributed by atoms with Crippen LogP contribution in [0.25, 0.3) is 0 Å². The predicted octanol–water partition coefficient (Wildman–Crippen LogP) is 2.02. The molecule has 0 amide bonds. The van der Waals surface area contributed by atoms with Crippen molar-refractivity contribution < 1.29 is 4.74 Å². The molecule has 0 bridgehead atoms. The van der Waals surface area contributed by atoms with E-state index in [1.165, 1.54) is 12.0 Å². The maximum atomic E-state index is 6.18. The molecule has 0 radical (unpaired) electrons. The standard InChI is InChI=1S/C15H24N2O/c1-17-10-5-8-15(13-16,9-11-17)18-12-14-6-3-2-4-7-14/h2-4,6-7H,5,8-13,16H2,1H3. The average molecular weight is 248 g/mol. The fourth-order valence-corrected chi connectivity index (χ4v) is 2.52. The van der Waals surface area contributed by atoms with Gasteiger partial charge in [0.05, 0.1) is 12.2 Å². The van der Waals surface area contributed by atoms with E-state index in [0.717, 1.165) is 25.9 Å². The largest absolute Gasteiger partial charge is 0.369 e. The monoisotopic (exact) mass is 248 g/mol. The normalized spacial score (nSPS) is 25.9. The van der Waals surface area contributed by atoms with Gasteiger partial charge in [0.25, 0.3) is 0 Å². The maximum absolute atomic E-state index is 6.18. The summed E-state index contributed by atoms with van der Waals surface area (Å²) in [4.78, 5) is 2.36. The molecule has 18 heavy (non-hydrogen) atoms. The van der Waals surface area contributed by atoms with Gasteiger partial charge in [-0.25, -0.2) is 0 Å². The lowest BCUT2D eigenvalue weighted by atomic mass is 9.94. The van der Waals surface area contributed by atoms with Crippen molar-refractivity contribution in [2.45, 2.75) is 31.5 Å². The Labute approximate surface area is 110 Å². The van der Waals surface area contributed by atoms with Crippen LogP contribution in [-0.2, 0) is 11.3 Å². The van der Waals surface area contributed by atoms with Crippen LogP contribution in [0.4, 0.5) is 0 Å². The molecule has 1 heterocycles. The minimum absolute atomic E-state index is 0.124. The number of hydrogen-bond donors (Lipinski definition) is 1. The third-order valence-electron chi connectivity index (χ3n) is 3.88. The molecule has 1 unspecified atom stereocenters. The molecule has 3 heteroatoms. The van der Waals surface area contributed by atoms with Crippen LogP contribution in [0.15, 0.2) is 30.3 Å². The predicted molar refractivity (Wildman–Crippen MR) is 74.4 cm³/mol. The second-order valence-corrected chi connectivity index (χ2v) is 5.32. The summed E-state index contributed by atoms with van der Waals surface area (Å²) in [7, 11) is 2.17. The minimum atomic E-state index is -0.124. The van der Waals surface area contributed by atoms with Gasteiger partial charge in [-0.1, -0.05) is 30.3 Å². The van der Waals surface area contributed by atoms with Crippen LogP contribution in [0.3, 0.4) is 0 Å². The Bertz CT molecular complexity index is 355. The first-order chi connectivity index (χ1) is 8.74. The zero-order valence-corrected chi connectivity index (χ0v) is 11.3. The van der Waals surface area contributed by atoms with E-state index < -0.39 is 0 Å². The molecule has 1 aromatic rings. The molecule has 100 valence electrons. The number of nitrogens with two attached hydrogens (primary N) is 1. The summed E-state index contributed by atoms with van der Waals surface area (Å²) in [6.45, 7) is 3.51. The zero-order valence-electron chi connectivity index (χ0n) is 11.3. The summed E-state index contributed by atoms with van der Waals surface area (Å²) in [5.41, 5.74) is 7.07. The SMILES string of the molecule is CN1CCCC(CN)(OCc2ccccc2)CC1. The molecule has 2 N–H and O–H groups in total. The molecule has 3 nitrogen and oxygen atoms in total. The van der Waals surface area contributed by atoms with E-state index in [1.807, 2.05) is 6.07 Å². The second kappa shape index (κ2) is 6.32. The quantitative estimate of drug-likeness (QED) is 0.886. The third kappa shape index (κ3) is 3.55. The minimum Gasteiger partial charge on any atom is -0.369 e. The Hall–Kier alpha value is -0.900. The van der Waals surface area contributed by atoms with E-state index in [1.54, 1.807) is 0 Å². The zero-order chi connectivity index (χ0) is 12.8. The number of rotatable bonds is 4. The van der Waals surface area contributed by atoms with Gasteiger partial charge >= 0.3 is 0 Å². The molecule has 0 spiro atoms. The van der Waals surface area contributed by atoms with Gasteiger partial charge in [-0.3, -0.25) is 0 Å².